The summed E-state index contributed by atoms with van der Waals surface area (Å²) in [5.41, 5.74) is 2.49. The van der Waals surface area contributed by atoms with E-state index in [0.717, 1.165) is 35.2 Å². The van der Waals surface area contributed by atoms with Crippen molar-refractivity contribution < 1.29 is 9.59 Å². The second-order valence-corrected chi connectivity index (χ2v) is 9.65. The third kappa shape index (κ3) is 4.72. The predicted octanol–water partition coefficient (Wildman–Crippen LogP) is 4.59. The van der Waals surface area contributed by atoms with Gasteiger partial charge in [-0.3, -0.25) is 19.9 Å². The van der Waals surface area contributed by atoms with Crippen molar-refractivity contribution in [1.82, 2.24) is 24.4 Å². The van der Waals surface area contributed by atoms with E-state index in [0.29, 0.717) is 35.4 Å². The summed E-state index contributed by atoms with van der Waals surface area (Å²) in [7, 11) is 1.79. The lowest BCUT2D eigenvalue weighted by atomic mass is 10.1. The highest BCUT2D eigenvalue weighted by Crippen LogP contribution is 2.32. The van der Waals surface area contributed by atoms with Crippen LogP contribution in [0.25, 0.3) is 21.6 Å². The molecule has 1 aliphatic rings. The first-order valence-corrected chi connectivity index (χ1v) is 12.7. The Kier molecular flexibility index (Phi) is 6.77. The fourth-order valence-electron chi connectivity index (χ4n) is 4.55. The summed E-state index contributed by atoms with van der Waals surface area (Å²) < 4.78 is 2.12. The molecule has 10 heteroatoms. The zero-order valence-corrected chi connectivity index (χ0v) is 20.8. The summed E-state index contributed by atoms with van der Waals surface area (Å²) in [5.74, 6) is 0.912. The Bertz CT molecular complexity index is 1430. The van der Waals surface area contributed by atoms with Crippen LogP contribution in [-0.2, 0) is 4.79 Å². The van der Waals surface area contributed by atoms with Crippen LogP contribution in [0.4, 0.5) is 11.8 Å². The first-order valence-electron chi connectivity index (χ1n) is 11.9. The number of nitrogens with one attached hydrogen (secondary N) is 2. The SMILES string of the molecule is C=CC(=O)N1CCC[C@@H](n2c(NC(=O)c3ccc(-c4cncc(NC)n4)s3)nc3ccccc32)CC1. The van der Waals surface area contributed by atoms with E-state index < -0.39 is 0 Å². The van der Waals surface area contributed by atoms with Crippen molar-refractivity contribution in [1.29, 1.82) is 0 Å². The first-order chi connectivity index (χ1) is 17.6. The molecule has 0 spiro atoms. The van der Waals surface area contributed by atoms with Crippen molar-refractivity contribution >= 4 is 46.0 Å². The number of imidazole rings is 1. The van der Waals surface area contributed by atoms with Crippen LogP contribution in [0.1, 0.15) is 35.0 Å². The van der Waals surface area contributed by atoms with Crippen molar-refractivity contribution in [3.05, 3.63) is 66.3 Å². The monoisotopic (exact) mass is 501 g/mol. The fraction of sp³-hybridized carbons (Fsp3) is 0.269. The maximum absolute atomic E-state index is 13.3. The van der Waals surface area contributed by atoms with Gasteiger partial charge in [0.2, 0.25) is 11.9 Å². The van der Waals surface area contributed by atoms with Crippen molar-refractivity contribution in [3.63, 3.8) is 0 Å². The van der Waals surface area contributed by atoms with Gasteiger partial charge in [0.15, 0.2) is 0 Å². The second kappa shape index (κ2) is 10.3. The van der Waals surface area contributed by atoms with Gasteiger partial charge in [-0.25, -0.2) is 9.97 Å². The standard InChI is InChI=1S/C26H27N7O2S/c1-3-24(34)32-13-6-7-17(12-14-32)33-20-9-5-4-8-18(20)30-26(33)31-25(35)22-11-10-21(36-22)19-15-28-16-23(27-2)29-19/h3-5,8-11,15-17H,1,6-7,12-14H2,2H3,(H,27,29)(H,30,31,35)/t17-/m1/s1. The summed E-state index contributed by atoms with van der Waals surface area (Å²) in [4.78, 5) is 42.2. The number of likely N-dealkylation sites (tertiary alicyclic amines) is 1. The van der Waals surface area contributed by atoms with Crippen LogP contribution in [0.5, 0.6) is 0 Å². The van der Waals surface area contributed by atoms with Crippen molar-refractivity contribution in [2.75, 3.05) is 30.8 Å². The quantitative estimate of drug-likeness (QED) is 0.375. The fourth-order valence-corrected chi connectivity index (χ4v) is 5.41. The third-order valence-corrected chi connectivity index (χ3v) is 7.45. The van der Waals surface area contributed by atoms with Crippen molar-refractivity contribution in [2.24, 2.45) is 0 Å². The van der Waals surface area contributed by atoms with E-state index in [9.17, 15) is 9.59 Å². The van der Waals surface area contributed by atoms with Crippen molar-refractivity contribution in [2.45, 2.75) is 25.3 Å². The van der Waals surface area contributed by atoms with Gasteiger partial charge >= 0.3 is 0 Å². The molecule has 3 aromatic heterocycles. The first kappa shape index (κ1) is 23.7. The number of hydrogen-bond donors (Lipinski definition) is 2. The van der Waals surface area contributed by atoms with Gasteiger partial charge in [0.25, 0.3) is 5.91 Å². The van der Waals surface area contributed by atoms with E-state index in [1.807, 2.05) is 35.2 Å². The van der Waals surface area contributed by atoms with Gasteiger partial charge in [-0.05, 0) is 49.6 Å². The molecular weight excluding hydrogens is 474 g/mol. The van der Waals surface area contributed by atoms with Crippen LogP contribution in [0.3, 0.4) is 0 Å². The third-order valence-electron chi connectivity index (χ3n) is 6.34. The molecule has 184 valence electrons. The Hall–Kier alpha value is -4.05. The minimum Gasteiger partial charge on any atom is -0.372 e. The molecule has 4 aromatic rings. The summed E-state index contributed by atoms with van der Waals surface area (Å²) in [5, 5.41) is 6.02. The van der Waals surface area contributed by atoms with Gasteiger partial charge in [-0.15, -0.1) is 11.3 Å². The van der Waals surface area contributed by atoms with Gasteiger partial charge in [0, 0.05) is 26.2 Å². The maximum atomic E-state index is 13.3. The summed E-state index contributed by atoms with van der Waals surface area (Å²) >= 11 is 1.36. The minimum absolute atomic E-state index is 0.0434. The Morgan fingerprint density at radius 1 is 1.11 bits per heavy atom. The summed E-state index contributed by atoms with van der Waals surface area (Å²) in [6.45, 7) is 4.95. The molecule has 1 atom stereocenters. The topological polar surface area (TPSA) is 105 Å². The molecular formula is C26H27N7O2S. The number of aromatic nitrogens is 4. The smallest absolute Gasteiger partial charge is 0.268 e. The van der Waals surface area contributed by atoms with Gasteiger partial charge in [-0.1, -0.05) is 18.7 Å². The number of hydrogen-bond acceptors (Lipinski definition) is 7. The van der Waals surface area contributed by atoms with Crippen molar-refractivity contribution in [3.8, 4) is 10.6 Å². The highest BCUT2D eigenvalue weighted by Gasteiger charge is 2.25. The number of amides is 2. The van der Waals surface area contributed by atoms with Crippen LogP contribution in [-0.4, -0.2) is 56.4 Å². The molecule has 2 amide bonds. The lowest BCUT2D eigenvalue weighted by molar-refractivity contribution is -0.125. The molecule has 1 fully saturated rings. The molecule has 9 nitrogen and oxygen atoms in total. The number of fused-ring (bicyclic) bond motifs is 1. The highest BCUT2D eigenvalue weighted by molar-refractivity contribution is 7.17. The number of benzene rings is 1. The Balaban J connectivity index is 1.41. The van der Waals surface area contributed by atoms with E-state index in [4.69, 9.17) is 4.98 Å². The van der Waals surface area contributed by atoms with Crippen LogP contribution in [0, 0.1) is 0 Å². The number of anilines is 2. The van der Waals surface area contributed by atoms with Crippen LogP contribution in [0.15, 0.2) is 61.4 Å². The lowest BCUT2D eigenvalue weighted by Crippen LogP contribution is -2.30. The Morgan fingerprint density at radius 3 is 2.81 bits per heavy atom. The molecule has 4 heterocycles. The van der Waals surface area contributed by atoms with Crippen LogP contribution >= 0.6 is 11.3 Å². The molecule has 1 saturated heterocycles. The average Bonchev–Trinajstić information content (AvgIpc) is 3.47. The second-order valence-electron chi connectivity index (χ2n) is 8.57. The summed E-state index contributed by atoms with van der Waals surface area (Å²) in [6.07, 6.45) is 7.22. The largest absolute Gasteiger partial charge is 0.372 e. The van der Waals surface area contributed by atoms with E-state index in [2.05, 4.69) is 31.7 Å². The van der Waals surface area contributed by atoms with E-state index in [-0.39, 0.29) is 17.9 Å². The number of carbonyl (C=O) groups excluding carboxylic acids is 2. The highest BCUT2D eigenvalue weighted by atomic mass is 32.1. The number of thiophene rings is 1. The Morgan fingerprint density at radius 2 is 1.97 bits per heavy atom. The molecule has 0 unspecified atom stereocenters. The average molecular weight is 502 g/mol. The van der Waals surface area contributed by atoms with Gasteiger partial charge in [-0.2, -0.15) is 0 Å². The van der Waals surface area contributed by atoms with Gasteiger partial charge < -0.3 is 14.8 Å². The number of rotatable bonds is 6. The molecule has 0 radical (unpaired) electrons. The summed E-state index contributed by atoms with van der Waals surface area (Å²) in [6, 6.07) is 11.7. The van der Waals surface area contributed by atoms with Crippen LogP contribution < -0.4 is 10.6 Å². The zero-order chi connectivity index (χ0) is 25.1. The predicted molar refractivity (Wildman–Crippen MR) is 142 cm³/mol. The number of carbonyl (C=O) groups is 2. The number of nitrogens with zero attached hydrogens (tertiary/aromatic N) is 5. The van der Waals surface area contributed by atoms with E-state index >= 15 is 0 Å². The maximum Gasteiger partial charge on any atom is 0.268 e. The molecule has 5 rings (SSSR count). The molecule has 36 heavy (non-hydrogen) atoms. The van der Waals surface area contributed by atoms with E-state index in [1.54, 1.807) is 25.5 Å². The lowest BCUT2D eigenvalue weighted by Gasteiger charge is -2.21. The van der Waals surface area contributed by atoms with Crippen LogP contribution in [0.2, 0.25) is 0 Å². The zero-order valence-electron chi connectivity index (χ0n) is 20.0. The molecule has 2 N–H and O–H groups in total. The molecule has 0 saturated carbocycles. The molecule has 0 bridgehead atoms. The van der Waals surface area contributed by atoms with Gasteiger partial charge in [0.05, 0.1) is 33.2 Å². The van der Waals surface area contributed by atoms with E-state index in [1.165, 1.54) is 17.4 Å². The minimum atomic E-state index is -0.224. The Labute approximate surface area is 212 Å². The molecule has 0 aliphatic carbocycles. The number of para-hydroxylation sites is 2. The van der Waals surface area contributed by atoms with Gasteiger partial charge in [0.1, 0.15) is 11.5 Å². The molecule has 1 aromatic carbocycles. The normalized spacial score (nSPS) is 15.9. The molecule has 1 aliphatic heterocycles.